The number of nitrogens with zero attached hydrogens (tertiary/aromatic N) is 1. The molecule has 1 unspecified atom stereocenters. The normalized spacial score (nSPS) is 11.6. The van der Waals surface area contributed by atoms with Crippen LogP contribution in [0.2, 0.25) is 0 Å². The van der Waals surface area contributed by atoms with Gasteiger partial charge in [0, 0.05) is 0 Å². The van der Waals surface area contributed by atoms with Gasteiger partial charge in [-0.1, -0.05) is 6.92 Å². The highest BCUT2D eigenvalue weighted by atomic mass is 16.5. The van der Waals surface area contributed by atoms with Gasteiger partial charge in [-0.25, -0.2) is 0 Å². The molecular weight excluding hydrogens is 202 g/mol. The summed E-state index contributed by atoms with van der Waals surface area (Å²) in [5, 5.41) is 8.51. The van der Waals surface area contributed by atoms with Crippen molar-refractivity contribution < 1.29 is 9.47 Å². The zero-order valence-electron chi connectivity index (χ0n) is 9.77. The summed E-state index contributed by atoms with van der Waals surface area (Å²) >= 11 is 0. The molecule has 3 nitrogen and oxygen atoms in total. The first kappa shape index (κ1) is 12.4. The zero-order chi connectivity index (χ0) is 11.8. The smallest absolute Gasteiger partial charge is 0.120 e. The third-order valence-electron chi connectivity index (χ3n) is 2.01. The Morgan fingerprint density at radius 2 is 1.88 bits per heavy atom. The van der Waals surface area contributed by atoms with E-state index in [9.17, 15) is 0 Å². The zero-order valence-corrected chi connectivity index (χ0v) is 9.77. The van der Waals surface area contributed by atoms with Gasteiger partial charge in [-0.2, -0.15) is 5.26 Å². The van der Waals surface area contributed by atoms with Crippen molar-refractivity contribution in [2.24, 2.45) is 0 Å². The lowest BCUT2D eigenvalue weighted by Gasteiger charge is -2.12. The van der Waals surface area contributed by atoms with E-state index in [1.165, 1.54) is 0 Å². The molecule has 16 heavy (non-hydrogen) atoms. The Bertz CT molecular complexity index is 340. The van der Waals surface area contributed by atoms with Gasteiger partial charge in [0.2, 0.25) is 0 Å². The maximum absolute atomic E-state index is 8.51. The van der Waals surface area contributed by atoms with Crippen LogP contribution in [0.4, 0.5) is 0 Å². The summed E-state index contributed by atoms with van der Waals surface area (Å²) < 4.78 is 11.0. The maximum atomic E-state index is 8.51. The molecule has 0 fully saturated rings. The molecule has 0 radical (unpaired) electrons. The van der Waals surface area contributed by atoms with Crippen molar-refractivity contribution in [1.82, 2.24) is 0 Å². The first-order chi connectivity index (χ1) is 7.76. The average molecular weight is 219 g/mol. The maximum Gasteiger partial charge on any atom is 0.120 e. The molecular formula is C13H17NO2. The molecule has 0 amide bonds. The van der Waals surface area contributed by atoms with Crippen LogP contribution in [0.25, 0.3) is 0 Å². The Balaban J connectivity index is 2.48. The van der Waals surface area contributed by atoms with Gasteiger partial charge in [0.25, 0.3) is 0 Å². The molecule has 0 saturated carbocycles. The monoisotopic (exact) mass is 219 g/mol. The van der Waals surface area contributed by atoms with Crippen molar-refractivity contribution in [3.05, 3.63) is 24.3 Å². The molecule has 1 aromatic carbocycles. The standard InChI is InChI=1S/C13H17NO2/c1-3-10-15-12-4-6-13(7-5-12)16-11(2)8-9-14/h4-7,11H,3,8,10H2,1-2H3. The molecule has 1 rings (SSSR count). The molecule has 3 heteroatoms. The minimum Gasteiger partial charge on any atom is -0.494 e. The highest BCUT2D eigenvalue weighted by Crippen LogP contribution is 2.19. The second-order valence-electron chi connectivity index (χ2n) is 3.61. The van der Waals surface area contributed by atoms with Crippen LogP contribution in [0.5, 0.6) is 11.5 Å². The Kier molecular flexibility index (Phi) is 5.21. The third-order valence-corrected chi connectivity index (χ3v) is 2.01. The van der Waals surface area contributed by atoms with Gasteiger partial charge < -0.3 is 9.47 Å². The van der Waals surface area contributed by atoms with Crippen molar-refractivity contribution in [1.29, 1.82) is 5.26 Å². The van der Waals surface area contributed by atoms with Crippen LogP contribution in [0.3, 0.4) is 0 Å². The number of ether oxygens (including phenoxy) is 2. The van der Waals surface area contributed by atoms with E-state index in [1.54, 1.807) is 0 Å². The Morgan fingerprint density at radius 3 is 2.44 bits per heavy atom. The number of hydrogen-bond donors (Lipinski definition) is 0. The number of hydrogen-bond acceptors (Lipinski definition) is 3. The molecule has 86 valence electrons. The Labute approximate surface area is 96.6 Å². The van der Waals surface area contributed by atoms with Gasteiger partial charge in [-0.3, -0.25) is 0 Å². The van der Waals surface area contributed by atoms with Gasteiger partial charge in [-0.15, -0.1) is 0 Å². The van der Waals surface area contributed by atoms with Crippen LogP contribution in [0, 0.1) is 11.3 Å². The van der Waals surface area contributed by atoms with Gasteiger partial charge >= 0.3 is 0 Å². The number of rotatable bonds is 6. The van der Waals surface area contributed by atoms with Gasteiger partial charge in [0.05, 0.1) is 19.1 Å². The predicted molar refractivity (Wildman–Crippen MR) is 62.5 cm³/mol. The topological polar surface area (TPSA) is 42.2 Å². The largest absolute Gasteiger partial charge is 0.494 e. The number of nitriles is 1. The minimum atomic E-state index is -0.0765. The van der Waals surface area contributed by atoms with Crippen LogP contribution in [-0.2, 0) is 0 Å². The second-order valence-corrected chi connectivity index (χ2v) is 3.61. The summed E-state index contributed by atoms with van der Waals surface area (Å²) in [6.45, 7) is 4.68. The first-order valence-corrected chi connectivity index (χ1v) is 5.52. The van der Waals surface area contributed by atoms with E-state index < -0.39 is 0 Å². The molecule has 0 spiro atoms. The lowest BCUT2D eigenvalue weighted by atomic mass is 10.3. The summed E-state index contributed by atoms with van der Waals surface area (Å²) in [7, 11) is 0. The van der Waals surface area contributed by atoms with Gasteiger partial charge in [0.15, 0.2) is 0 Å². The van der Waals surface area contributed by atoms with Crippen molar-refractivity contribution in [2.75, 3.05) is 6.61 Å². The molecule has 0 heterocycles. The van der Waals surface area contributed by atoms with E-state index in [0.29, 0.717) is 6.42 Å². The predicted octanol–water partition coefficient (Wildman–Crippen LogP) is 3.16. The average Bonchev–Trinajstić information content (AvgIpc) is 2.28. The fourth-order valence-electron chi connectivity index (χ4n) is 1.24. The van der Waals surface area contributed by atoms with E-state index in [0.717, 1.165) is 24.5 Å². The SMILES string of the molecule is CCCOc1ccc(OC(C)CC#N)cc1. The fraction of sp³-hybridized carbons (Fsp3) is 0.462. The van der Waals surface area contributed by atoms with Crippen LogP contribution >= 0.6 is 0 Å². The van der Waals surface area contributed by atoms with E-state index >= 15 is 0 Å². The van der Waals surface area contributed by atoms with Crippen LogP contribution < -0.4 is 9.47 Å². The molecule has 0 bridgehead atoms. The van der Waals surface area contributed by atoms with Gasteiger partial charge in [-0.05, 0) is 37.6 Å². The Morgan fingerprint density at radius 1 is 1.25 bits per heavy atom. The van der Waals surface area contributed by atoms with Crippen LogP contribution in [0.15, 0.2) is 24.3 Å². The molecule has 0 aromatic heterocycles. The molecule has 0 aliphatic rings. The quantitative estimate of drug-likeness (QED) is 0.738. The van der Waals surface area contributed by atoms with E-state index in [4.69, 9.17) is 14.7 Å². The molecule has 1 aromatic rings. The molecule has 0 aliphatic heterocycles. The molecule has 1 atom stereocenters. The summed E-state index contributed by atoms with van der Waals surface area (Å²) in [4.78, 5) is 0. The van der Waals surface area contributed by atoms with E-state index in [-0.39, 0.29) is 6.10 Å². The van der Waals surface area contributed by atoms with Crippen molar-refractivity contribution in [3.8, 4) is 17.6 Å². The summed E-state index contributed by atoms with van der Waals surface area (Å²) in [5.41, 5.74) is 0. The minimum absolute atomic E-state index is 0.0765. The van der Waals surface area contributed by atoms with Crippen LogP contribution in [0.1, 0.15) is 26.7 Å². The summed E-state index contributed by atoms with van der Waals surface area (Å²) in [5.74, 6) is 1.62. The van der Waals surface area contributed by atoms with E-state index in [2.05, 4.69) is 13.0 Å². The fourth-order valence-corrected chi connectivity index (χ4v) is 1.24. The van der Waals surface area contributed by atoms with E-state index in [1.807, 2.05) is 31.2 Å². The molecule has 0 aliphatic carbocycles. The lowest BCUT2D eigenvalue weighted by Crippen LogP contribution is -2.10. The van der Waals surface area contributed by atoms with Crippen molar-refractivity contribution >= 4 is 0 Å². The highest BCUT2D eigenvalue weighted by Gasteiger charge is 2.03. The van der Waals surface area contributed by atoms with Crippen LogP contribution in [-0.4, -0.2) is 12.7 Å². The molecule has 0 N–H and O–H groups in total. The Hall–Kier alpha value is -1.69. The number of benzene rings is 1. The summed E-state index contributed by atoms with van der Waals surface area (Å²) in [6.07, 6.45) is 1.32. The third kappa shape index (κ3) is 4.22. The second kappa shape index (κ2) is 6.73. The van der Waals surface area contributed by atoms with Crippen molar-refractivity contribution in [3.63, 3.8) is 0 Å². The van der Waals surface area contributed by atoms with Gasteiger partial charge in [0.1, 0.15) is 17.6 Å². The first-order valence-electron chi connectivity index (χ1n) is 5.52. The van der Waals surface area contributed by atoms with Crippen molar-refractivity contribution in [2.45, 2.75) is 32.8 Å². The molecule has 0 saturated heterocycles. The summed E-state index contributed by atoms with van der Waals surface area (Å²) in [6, 6.07) is 9.56. The highest BCUT2D eigenvalue weighted by molar-refractivity contribution is 5.31. The lowest BCUT2D eigenvalue weighted by molar-refractivity contribution is 0.226.